The summed E-state index contributed by atoms with van der Waals surface area (Å²) in [5.41, 5.74) is 2.79. The molecule has 4 N–H and O–H groups in total. The van der Waals surface area contributed by atoms with Crippen LogP contribution in [-0.2, 0) is 9.59 Å². The molecular weight excluding hydrogens is 410 g/mol. The summed E-state index contributed by atoms with van der Waals surface area (Å²) in [6.45, 7) is 3.84. The molecule has 3 rings (SSSR count). The van der Waals surface area contributed by atoms with Gasteiger partial charge in [0.2, 0.25) is 5.91 Å². The van der Waals surface area contributed by atoms with Crippen molar-refractivity contribution in [3.63, 3.8) is 0 Å². The van der Waals surface area contributed by atoms with Crippen LogP contribution >= 0.6 is 0 Å². The molecule has 1 aliphatic rings. The minimum Gasteiger partial charge on any atom is -0.331 e. The van der Waals surface area contributed by atoms with Gasteiger partial charge in [-0.05, 0) is 36.8 Å². The molecule has 1 saturated carbocycles. The second kappa shape index (κ2) is 10.9. The van der Waals surface area contributed by atoms with Gasteiger partial charge in [0.15, 0.2) is 0 Å². The van der Waals surface area contributed by atoms with Crippen molar-refractivity contribution >= 4 is 34.4 Å². The Balaban J connectivity index is 1.73. The van der Waals surface area contributed by atoms with Gasteiger partial charge in [0.05, 0.1) is 11.2 Å². The molecule has 1 fully saturated rings. The highest BCUT2D eigenvalue weighted by molar-refractivity contribution is 6.01. The van der Waals surface area contributed by atoms with Gasteiger partial charge in [0.25, 0.3) is 5.91 Å². The molecule has 1 aromatic heterocycles. The molecule has 1 heterocycles. The molecule has 0 bridgehead atoms. The minimum atomic E-state index is -0.828. The number of nitrogens with zero attached hydrogens (tertiary/aromatic N) is 2. The third kappa shape index (κ3) is 5.94. The summed E-state index contributed by atoms with van der Waals surface area (Å²) in [4.78, 5) is 43.7. The molecule has 2 aromatic rings. The summed E-state index contributed by atoms with van der Waals surface area (Å²) >= 11 is 0. The SMILES string of the molecule is CC(C)[C@H](NC(=O)Nc1cccc2cccnc12)C(=O)N(CC(=O)NO)CC1CCCC1. The van der Waals surface area contributed by atoms with E-state index in [4.69, 9.17) is 5.21 Å². The number of hydrogen-bond donors (Lipinski definition) is 4. The number of nitrogens with one attached hydrogen (secondary N) is 3. The van der Waals surface area contributed by atoms with Crippen LogP contribution < -0.4 is 16.1 Å². The van der Waals surface area contributed by atoms with Crippen LogP contribution in [0.2, 0.25) is 0 Å². The van der Waals surface area contributed by atoms with E-state index in [1.54, 1.807) is 17.7 Å². The first-order valence-corrected chi connectivity index (χ1v) is 11.0. The molecule has 1 aliphatic carbocycles. The van der Waals surface area contributed by atoms with E-state index >= 15 is 0 Å². The zero-order chi connectivity index (χ0) is 23.1. The van der Waals surface area contributed by atoms with Crippen molar-refractivity contribution in [2.24, 2.45) is 11.8 Å². The van der Waals surface area contributed by atoms with Crippen LogP contribution in [0.1, 0.15) is 39.5 Å². The molecule has 9 nitrogen and oxygen atoms in total. The van der Waals surface area contributed by atoms with Gasteiger partial charge in [-0.1, -0.05) is 44.9 Å². The fourth-order valence-electron chi connectivity index (χ4n) is 4.16. The van der Waals surface area contributed by atoms with Crippen molar-refractivity contribution in [3.05, 3.63) is 36.5 Å². The van der Waals surface area contributed by atoms with E-state index in [2.05, 4.69) is 15.6 Å². The lowest BCUT2D eigenvalue weighted by atomic mass is 10.0. The molecular formula is C23H31N5O4. The fraction of sp³-hybridized carbons (Fsp3) is 0.478. The minimum absolute atomic E-state index is 0.206. The van der Waals surface area contributed by atoms with Gasteiger partial charge in [-0.3, -0.25) is 19.8 Å². The zero-order valence-corrected chi connectivity index (χ0v) is 18.5. The number of para-hydroxylation sites is 1. The highest BCUT2D eigenvalue weighted by atomic mass is 16.5. The third-order valence-corrected chi connectivity index (χ3v) is 5.82. The number of carbonyl (C=O) groups is 3. The fourth-order valence-corrected chi connectivity index (χ4v) is 4.16. The highest BCUT2D eigenvalue weighted by Crippen LogP contribution is 2.26. The second-order valence-corrected chi connectivity index (χ2v) is 8.61. The van der Waals surface area contributed by atoms with E-state index in [0.717, 1.165) is 31.1 Å². The Morgan fingerprint density at radius 3 is 2.56 bits per heavy atom. The molecule has 1 atom stereocenters. The maximum atomic E-state index is 13.3. The summed E-state index contributed by atoms with van der Waals surface area (Å²) < 4.78 is 0. The number of hydroxylamine groups is 1. The first kappa shape index (κ1) is 23.5. The summed E-state index contributed by atoms with van der Waals surface area (Å²) in [7, 11) is 0. The van der Waals surface area contributed by atoms with Crippen molar-refractivity contribution in [1.82, 2.24) is 20.7 Å². The lowest BCUT2D eigenvalue weighted by Gasteiger charge is -2.31. The molecule has 0 unspecified atom stereocenters. The Labute approximate surface area is 187 Å². The number of amides is 4. The third-order valence-electron chi connectivity index (χ3n) is 5.82. The number of fused-ring (bicyclic) bond motifs is 1. The molecule has 9 heteroatoms. The predicted molar refractivity (Wildman–Crippen MR) is 121 cm³/mol. The summed E-state index contributed by atoms with van der Waals surface area (Å²) in [5.74, 6) is -0.900. The Morgan fingerprint density at radius 2 is 1.88 bits per heavy atom. The van der Waals surface area contributed by atoms with Gasteiger partial charge in [-0.2, -0.15) is 0 Å². The van der Waals surface area contributed by atoms with Gasteiger partial charge in [0, 0.05) is 18.1 Å². The summed E-state index contributed by atoms with van der Waals surface area (Å²) in [6.07, 6.45) is 5.86. The average molecular weight is 442 g/mol. The Kier molecular flexibility index (Phi) is 7.99. The number of aromatic nitrogens is 1. The number of rotatable bonds is 8. The van der Waals surface area contributed by atoms with Gasteiger partial charge < -0.3 is 15.5 Å². The second-order valence-electron chi connectivity index (χ2n) is 8.61. The van der Waals surface area contributed by atoms with Crippen molar-refractivity contribution < 1.29 is 19.6 Å². The van der Waals surface area contributed by atoms with Crippen LogP contribution in [0.4, 0.5) is 10.5 Å². The molecule has 172 valence electrons. The largest absolute Gasteiger partial charge is 0.331 e. The lowest BCUT2D eigenvalue weighted by molar-refractivity contribution is -0.141. The topological polar surface area (TPSA) is 124 Å². The van der Waals surface area contributed by atoms with Crippen molar-refractivity contribution in [1.29, 1.82) is 0 Å². The number of carbonyl (C=O) groups excluding carboxylic acids is 3. The van der Waals surface area contributed by atoms with E-state index in [0.29, 0.717) is 23.7 Å². The zero-order valence-electron chi connectivity index (χ0n) is 18.5. The van der Waals surface area contributed by atoms with Crippen molar-refractivity contribution in [3.8, 4) is 0 Å². The number of urea groups is 1. The standard InChI is InChI=1S/C23H31N5O4/c1-15(2)20(22(30)28(14-19(29)27-32)13-16-7-3-4-8-16)26-23(31)25-18-11-5-9-17-10-6-12-24-21(17)18/h5-6,9-12,15-16,20,32H,3-4,7-8,13-14H2,1-2H3,(H,27,29)(H2,25,26,31)/t20-/m0/s1. The molecule has 0 radical (unpaired) electrons. The maximum Gasteiger partial charge on any atom is 0.319 e. The van der Waals surface area contributed by atoms with Gasteiger partial charge in [-0.25, -0.2) is 10.3 Å². The maximum absolute atomic E-state index is 13.3. The van der Waals surface area contributed by atoms with Crippen LogP contribution in [0.15, 0.2) is 36.5 Å². The first-order chi connectivity index (χ1) is 15.4. The lowest BCUT2D eigenvalue weighted by Crippen LogP contribution is -2.54. The van der Waals surface area contributed by atoms with Crippen molar-refractivity contribution in [2.75, 3.05) is 18.4 Å². The van der Waals surface area contributed by atoms with Crippen molar-refractivity contribution in [2.45, 2.75) is 45.6 Å². The number of pyridine rings is 1. The molecule has 4 amide bonds. The Morgan fingerprint density at radius 1 is 1.16 bits per heavy atom. The smallest absolute Gasteiger partial charge is 0.319 e. The summed E-state index contributed by atoms with van der Waals surface area (Å²) in [5, 5.41) is 15.4. The number of anilines is 1. The molecule has 32 heavy (non-hydrogen) atoms. The van der Waals surface area contributed by atoms with E-state index in [-0.39, 0.29) is 18.4 Å². The number of hydrogen-bond acceptors (Lipinski definition) is 5. The quantitative estimate of drug-likeness (QED) is 0.370. The Bertz CT molecular complexity index is 953. The van der Waals surface area contributed by atoms with Crippen LogP contribution in [0.5, 0.6) is 0 Å². The van der Waals surface area contributed by atoms with Gasteiger partial charge in [-0.15, -0.1) is 0 Å². The molecule has 0 aliphatic heterocycles. The van der Waals surface area contributed by atoms with Crippen LogP contribution in [0.3, 0.4) is 0 Å². The number of benzene rings is 1. The predicted octanol–water partition coefficient (Wildman–Crippen LogP) is 2.91. The van der Waals surface area contributed by atoms with Gasteiger partial charge >= 0.3 is 6.03 Å². The average Bonchev–Trinajstić information content (AvgIpc) is 3.29. The highest BCUT2D eigenvalue weighted by Gasteiger charge is 2.32. The Hall–Kier alpha value is -3.20. The normalized spacial score (nSPS) is 14.9. The van der Waals surface area contributed by atoms with E-state index in [1.165, 1.54) is 4.90 Å². The molecule has 1 aromatic carbocycles. The van der Waals surface area contributed by atoms with E-state index in [1.807, 2.05) is 38.1 Å². The van der Waals surface area contributed by atoms with Gasteiger partial charge in [0.1, 0.15) is 12.6 Å². The van der Waals surface area contributed by atoms with E-state index in [9.17, 15) is 14.4 Å². The molecule has 0 saturated heterocycles. The summed E-state index contributed by atoms with van der Waals surface area (Å²) in [6, 6.07) is 7.84. The van der Waals surface area contributed by atoms with Crippen LogP contribution in [-0.4, -0.2) is 52.1 Å². The van der Waals surface area contributed by atoms with E-state index < -0.39 is 18.0 Å². The van der Waals surface area contributed by atoms with Crippen LogP contribution in [0.25, 0.3) is 10.9 Å². The monoisotopic (exact) mass is 441 g/mol. The molecule has 0 spiro atoms. The van der Waals surface area contributed by atoms with Crippen LogP contribution in [0, 0.1) is 11.8 Å². The first-order valence-electron chi connectivity index (χ1n) is 11.0.